The lowest BCUT2D eigenvalue weighted by Crippen LogP contribution is -2.11. The van der Waals surface area contributed by atoms with Gasteiger partial charge in [0.1, 0.15) is 11.5 Å². The molecule has 4 rings (SSSR count). The summed E-state index contributed by atoms with van der Waals surface area (Å²) in [6.07, 6.45) is 6.06. The molecule has 0 unspecified atom stereocenters. The van der Waals surface area contributed by atoms with E-state index in [0.717, 1.165) is 58.6 Å². The Morgan fingerprint density at radius 2 is 1.89 bits per heavy atom. The minimum Gasteiger partial charge on any atom is -0.497 e. The smallest absolute Gasteiger partial charge is 0.129 e. The molecule has 0 bridgehead atoms. The van der Waals surface area contributed by atoms with Gasteiger partial charge in [-0.1, -0.05) is 12.1 Å². The Bertz CT molecular complexity index is 1040. The SMILES string of the molecule is COc1ccc(/C=C2\CCCN=C2c2ccc3ncccc3c2)c(OC)c1.Cl. The Morgan fingerprint density at radius 3 is 2.71 bits per heavy atom. The molecule has 0 radical (unpaired) electrons. The number of benzene rings is 2. The summed E-state index contributed by atoms with van der Waals surface area (Å²) in [6, 6.07) is 16.3. The molecule has 1 aliphatic rings. The summed E-state index contributed by atoms with van der Waals surface area (Å²) in [4.78, 5) is 9.25. The van der Waals surface area contributed by atoms with Gasteiger partial charge in [0.25, 0.3) is 0 Å². The Hall–Kier alpha value is -2.85. The fourth-order valence-electron chi connectivity index (χ4n) is 3.45. The van der Waals surface area contributed by atoms with Crippen molar-refractivity contribution in [3.63, 3.8) is 0 Å². The minimum absolute atomic E-state index is 0. The van der Waals surface area contributed by atoms with Crippen LogP contribution in [0.4, 0.5) is 0 Å². The highest BCUT2D eigenvalue weighted by molar-refractivity contribution is 6.16. The maximum atomic E-state index is 5.56. The maximum Gasteiger partial charge on any atom is 0.129 e. The van der Waals surface area contributed by atoms with Gasteiger partial charge in [0.05, 0.1) is 25.4 Å². The van der Waals surface area contributed by atoms with E-state index in [1.807, 2.05) is 30.5 Å². The van der Waals surface area contributed by atoms with Crippen LogP contribution < -0.4 is 9.47 Å². The maximum absolute atomic E-state index is 5.56. The predicted molar refractivity (Wildman–Crippen MR) is 117 cm³/mol. The molecule has 0 saturated carbocycles. The van der Waals surface area contributed by atoms with E-state index < -0.39 is 0 Å². The number of allylic oxidation sites excluding steroid dienone is 1. The van der Waals surface area contributed by atoms with Crippen LogP contribution in [-0.2, 0) is 0 Å². The van der Waals surface area contributed by atoms with Gasteiger partial charge in [-0.2, -0.15) is 0 Å². The molecule has 0 N–H and O–H groups in total. The molecule has 144 valence electrons. The third-order valence-electron chi connectivity index (χ3n) is 4.83. The number of pyridine rings is 1. The zero-order valence-electron chi connectivity index (χ0n) is 16.0. The molecule has 0 aliphatic carbocycles. The monoisotopic (exact) mass is 394 g/mol. The first-order valence-corrected chi connectivity index (χ1v) is 9.11. The highest BCUT2D eigenvalue weighted by Gasteiger charge is 2.16. The van der Waals surface area contributed by atoms with Crippen LogP contribution in [0.2, 0.25) is 0 Å². The summed E-state index contributed by atoms with van der Waals surface area (Å²) in [5.41, 5.74) is 5.46. The third kappa shape index (κ3) is 4.02. The zero-order valence-corrected chi connectivity index (χ0v) is 16.8. The van der Waals surface area contributed by atoms with E-state index in [-0.39, 0.29) is 12.4 Å². The number of fused-ring (bicyclic) bond motifs is 1. The minimum atomic E-state index is 0. The van der Waals surface area contributed by atoms with Crippen molar-refractivity contribution >= 4 is 35.1 Å². The Labute approximate surface area is 171 Å². The number of nitrogens with zero attached hydrogens (tertiary/aromatic N) is 2. The molecule has 2 aromatic carbocycles. The Balaban J connectivity index is 0.00000225. The second-order valence-corrected chi connectivity index (χ2v) is 6.52. The van der Waals surface area contributed by atoms with E-state index in [0.29, 0.717) is 0 Å². The summed E-state index contributed by atoms with van der Waals surface area (Å²) >= 11 is 0. The first kappa shape index (κ1) is 19.9. The zero-order chi connectivity index (χ0) is 18.6. The third-order valence-corrected chi connectivity index (χ3v) is 4.83. The molecule has 1 aliphatic heterocycles. The second kappa shape index (κ2) is 8.89. The summed E-state index contributed by atoms with van der Waals surface area (Å²) in [6.45, 7) is 0.859. The topological polar surface area (TPSA) is 43.7 Å². The molecule has 0 amide bonds. The van der Waals surface area contributed by atoms with Crippen molar-refractivity contribution < 1.29 is 9.47 Å². The molecule has 0 atom stereocenters. The van der Waals surface area contributed by atoms with Crippen molar-refractivity contribution in [3.8, 4) is 11.5 Å². The molecule has 0 fully saturated rings. The standard InChI is InChI=1S/C23H22N2O2.ClH/c1-26-20-9-7-17(22(15-20)27-2)14-18-6-4-12-25-23(18)19-8-10-21-16(13-19)5-3-11-24-21;/h3,5,7-11,13-15H,4,6,12H2,1-2H3;1H/b18-14+;. The van der Waals surface area contributed by atoms with Crippen LogP contribution in [0.15, 0.2) is 65.3 Å². The molecule has 1 aromatic heterocycles. The molecule has 2 heterocycles. The molecule has 5 heteroatoms. The molecule has 0 spiro atoms. The van der Waals surface area contributed by atoms with Crippen molar-refractivity contribution in [2.45, 2.75) is 12.8 Å². The first-order valence-electron chi connectivity index (χ1n) is 9.11. The highest BCUT2D eigenvalue weighted by atomic mass is 35.5. The Morgan fingerprint density at radius 1 is 1.00 bits per heavy atom. The van der Waals surface area contributed by atoms with Gasteiger partial charge in [0.15, 0.2) is 0 Å². The fourth-order valence-corrected chi connectivity index (χ4v) is 3.45. The van der Waals surface area contributed by atoms with E-state index in [4.69, 9.17) is 14.5 Å². The van der Waals surface area contributed by atoms with Crippen LogP contribution >= 0.6 is 12.4 Å². The molecule has 3 aromatic rings. The lowest BCUT2D eigenvalue weighted by atomic mass is 9.93. The lowest BCUT2D eigenvalue weighted by molar-refractivity contribution is 0.393. The van der Waals surface area contributed by atoms with Gasteiger partial charge in [0, 0.05) is 35.3 Å². The van der Waals surface area contributed by atoms with Crippen LogP contribution in [0.25, 0.3) is 17.0 Å². The van der Waals surface area contributed by atoms with Gasteiger partial charge in [-0.15, -0.1) is 12.4 Å². The molecule has 28 heavy (non-hydrogen) atoms. The van der Waals surface area contributed by atoms with Crippen molar-refractivity contribution in [1.82, 2.24) is 4.98 Å². The number of hydrogen-bond donors (Lipinski definition) is 0. The number of halogens is 1. The first-order chi connectivity index (χ1) is 13.3. The van der Waals surface area contributed by atoms with Crippen molar-refractivity contribution in [1.29, 1.82) is 0 Å². The summed E-state index contributed by atoms with van der Waals surface area (Å²) in [5, 5.41) is 1.13. The molecular formula is C23H23ClN2O2. The predicted octanol–water partition coefficient (Wildman–Crippen LogP) is 5.34. The molecular weight excluding hydrogens is 372 g/mol. The van der Waals surface area contributed by atoms with Crippen LogP contribution in [-0.4, -0.2) is 31.5 Å². The van der Waals surface area contributed by atoms with Crippen LogP contribution in [0.1, 0.15) is 24.0 Å². The number of aliphatic imine (C=N–C) groups is 1. The van der Waals surface area contributed by atoms with Gasteiger partial charge < -0.3 is 9.47 Å². The summed E-state index contributed by atoms with van der Waals surface area (Å²) in [7, 11) is 3.34. The average molecular weight is 395 g/mol. The van der Waals surface area contributed by atoms with E-state index in [1.165, 1.54) is 5.57 Å². The summed E-state index contributed by atoms with van der Waals surface area (Å²) in [5.74, 6) is 1.59. The number of aromatic nitrogens is 1. The van der Waals surface area contributed by atoms with Crippen molar-refractivity contribution in [2.75, 3.05) is 20.8 Å². The van der Waals surface area contributed by atoms with E-state index in [9.17, 15) is 0 Å². The number of rotatable bonds is 4. The fraction of sp³-hybridized carbons (Fsp3) is 0.217. The average Bonchev–Trinajstić information content (AvgIpc) is 2.74. The number of ether oxygens (including phenoxy) is 2. The van der Waals surface area contributed by atoms with Gasteiger partial charge in [0.2, 0.25) is 0 Å². The van der Waals surface area contributed by atoms with Crippen molar-refractivity contribution in [2.24, 2.45) is 4.99 Å². The van der Waals surface area contributed by atoms with E-state index in [1.54, 1.807) is 14.2 Å². The Kier molecular flexibility index (Phi) is 6.32. The van der Waals surface area contributed by atoms with E-state index in [2.05, 4.69) is 35.3 Å². The normalized spacial score (nSPS) is 15.1. The number of hydrogen-bond acceptors (Lipinski definition) is 4. The van der Waals surface area contributed by atoms with E-state index >= 15 is 0 Å². The largest absolute Gasteiger partial charge is 0.497 e. The number of methoxy groups -OCH3 is 2. The second-order valence-electron chi connectivity index (χ2n) is 6.52. The lowest BCUT2D eigenvalue weighted by Gasteiger charge is -2.18. The van der Waals surface area contributed by atoms with Gasteiger partial charge in [-0.05, 0) is 54.8 Å². The van der Waals surface area contributed by atoms with Crippen LogP contribution in [0.5, 0.6) is 11.5 Å². The molecule has 0 saturated heterocycles. The van der Waals surface area contributed by atoms with Gasteiger partial charge in [-0.3, -0.25) is 9.98 Å². The van der Waals surface area contributed by atoms with Gasteiger partial charge >= 0.3 is 0 Å². The van der Waals surface area contributed by atoms with Crippen LogP contribution in [0, 0.1) is 0 Å². The van der Waals surface area contributed by atoms with Crippen molar-refractivity contribution in [3.05, 3.63) is 71.4 Å². The van der Waals surface area contributed by atoms with Gasteiger partial charge in [-0.25, -0.2) is 0 Å². The van der Waals surface area contributed by atoms with Crippen LogP contribution in [0.3, 0.4) is 0 Å². The quantitative estimate of drug-likeness (QED) is 0.599. The summed E-state index contributed by atoms with van der Waals surface area (Å²) < 4.78 is 10.9. The highest BCUT2D eigenvalue weighted by Crippen LogP contribution is 2.30. The molecule has 4 nitrogen and oxygen atoms in total.